The molecule has 0 radical (unpaired) electrons. The minimum atomic E-state index is -1.17. The molecule has 6 heteroatoms. The minimum absolute atomic E-state index is 0.134. The number of carboxylic acid groups (broad SMARTS) is 1. The van der Waals surface area contributed by atoms with Crippen LogP contribution in [-0.2, 0) is 12.8 Å². The number of Topliss-reactive ketones (excluding diaryl/α,β-unsaturated/α-hetero) is 1. The summed E-state index contributed by atoms with van der Waals surface area (Å²) in [6, 6.07) is 6.77. The van der Waals surface area contributed by atoms with Gasteiger partial charge in [0.15, 0.2) is 5.78 Å². The second-order valence-corrected chi connectivity index (χ2v) is 4.83. The van der Waals surface area contributed by atoms with Crippen LogP contribution in [0.5, 0.6) is 0 Å². The molecule has 1 unspecified atom stereocenters. The van der Waals surface area contributed by atoms with Crippen LogP contribution in [-0.4, -0.2) is 26.4 Å². The summed E-state index contributed by atoms with van der Waals surface area (Å²) < 4.78 is 1.39. The molecule has 0 fully saturated rings. The second-order valence-electron chi connectivity index (χ2n) is 4.83. The molecule has 1 aliphatic carbocycles. The first-order valence-corrected chi connectivity index (χ1v) is 6.41. The molecule has 1 aromatic heterocycles. The van der Waals surface area contributed by atoms with Crippen molar-refractivity contribution in [1.82, 2.24) is 9.55 Å². The minimum Gasteiger partial charge on any atom is -0.475 e. The van der Waals surface area contributed by atoms with Gasteiger partial charge in [-0.15, -0.1) is 0 Å². The van der Waals surface area contributed by atoms with Crippen LogP contribution in [0.15, 0.2) is 30.6 Å². The monoisotopic (exact) mass is 281 g/mol. The number of aromatic carboxylic acids is 1. The third kappa shape index (κ3) is 1.99. The predicted octanol–water partition coefficient (Wildman–Crippen LogP) is 1.63. The average Bonchev–Trinajstić information content (AvgIpc) is 3.05. The molecule has 0 aliphatic heterocycles. The van der Waals surface area contributed by atoms with Gasteiger partial charge in [0.25, 0.3) is 0 Å². The van der Waals surface area contributed by atoms with E-state index in [1.165, 1.54) is 17.0 Å². The lowest BCUT2D eigenvalue weighted by atomic mass is 10.0. The van der Waals surface area contributed by atoms with Crippen LogP contribution in [0.2, 0.25) is 0 Å². The topological polar surface area (TPSA) is 96.0 Å². The Hall–Kier alpha value is -2.94. The van der Waals surface area contributed by atoms with Gasteiger partial charge in [-0.25, -0.2) is 9.78 Å². The Bertz CT molecular complexity index is 786. The first-order chi connectivity index (χ1) is 10.1. The molecule has 1 heterocycles. The zero-order valence-corrected chi connectivity index (χ0v) is 11.0. The van der Waals surface area contributed by atoms with E-state index in [4.69, 9.17) is 10.4 Å². The smallest absolute Gasteiger partial charge is 0.372 e. The van der Waals surface area contributed by atoms with Gasteiger partial charge in [-0.05, 0) is 11.1 Å². The van der Waals surface area contributed by atoms with E-state index in [1.807, 2.05) is 6.07 Å². The van der Waals surface area contributed by atoms with Crippen LogP contribution in [0, 0.1) is 11.3 Å². The summed E-state index contributed by atoms with van der Waals surface area (Å²) >= 11 is 0. The highest BCUT2D eigenvalue weighted by molar-refractivity contribution is 6.04. The molecule has 0 spiro atoms. The molecule has 2 aromatic rings. The van der Waals surface area contributed by atoms with Crippen LogP contribution in [0.3, 0.4) is 0 Å². The highest BCUT2D eigenvalue weighted by atomic mass is 16.4. The van der Waals surface area contributed by atoms with Gasteiger partial charge in [0, 0.05) is 24.4 Å². The van der Waals surface area contributed by atoms with Gasteiger partial charge in [0.1, 0.15) is 6.04 Å². The highest BCUT2D eigenvalue weighted by Crippen LogP contribution is 2.33. The number of hydrogen-bond donors (Lipinski definition) is 1. The first kappa shape index (κ1) is 13.1. The fourth-order valence-electron chi connectivity index (χ4n) is 2.78. The molecule has 0 saturated carbocycles. The van der Waals surface area contributed by atoms with Crippen molar-refractivity contribution < 1.29 is 14.7 Å². The molecule has 21 heavy (non-hydrogen) atoms. The number of imidazole rings is 1. The van der Waals surface area contributed by atoms with Gasteiger partial charge in [0.05, 0.1) is 12.5 Å². The number of ketones is 1. The summed E-state index contributed by atoms with van der Waals surface area (Å²) in [7, 11) is 0. The zero-order valence-electron chi connectivity index (χ0n) is 11.0. The summed E-state index contributed by atoms with van der Waals surface area (Å²) in [6.07, 6.45) is 3.50. The van der Waals surface area contributed by atoms with Crippen LogP contribution in [0.25, 0.3) is 0 Å². The molecular weight excluding hydrogens is 270 g/mol. The number of nitrogens with zero attached hydrogens (tertiary/aromatic N) is 3. The number of benzene rings is 1. The lowest BCUT2D eigenvalue weighted by Gasteiger charge is -2.11. The van der Waals surface area contributed by atoms with Crippen molar-refractivity contribution in [2.75, 3.05) is 0 Å². The molecule has 104 valence electrons. The number of aromatic nitrogens is 2. The molecule has 0 saturated heterocycles. The summed E-state index contributed by atoms with van der Waals surface area (Å²) in [5, 5.41) is 18.0. The van der Waals surface area contributed by atoms with Gasteiger partial charge in [0.2, 0.25) is 5.82 Å². The fourth-order valence-corrected chi connectivity index (χ4v) is 2.78. The molecular formula is C15H11N3O3. The Kier molecular flexibility index (Phi) is 3.03. The number of rotatable bonds is 3. The molecule has 1 aromatic carbocycles. The molecule has 1 atom stereocenters. The summed E-state index contributed by atoms with van der Waals surface area (Å²) in [4.78, 5) is 27.4. The fraction of sp³-hybridized carbons (Fsp3) is 0.200. The number of hydrogen-bond acceptors (Lipinski definition) is 4. The van der Waals surface area contributed by atoms with Gasteiger partial charge in [-0.2, -0.15) is 5.26 Å². The van der Waals surface area contributed by atoms with Crippen molar-refractivity contribution in [3.05, 3.63) is 53.1 Å². The Balaban J connectivity index is 2.05. The third-order valence-electron chi connectivity index (χ3n) is 3.70. The van der Waals surface area contributed by atoms with Crippen molar-refractivity contribution in [3.63, 3.8) is 0 Å². The van der Waals surface area contributed by atoms with Crippen molar-refractivity contribution in [2.45, 2.75) is 18.9 Å². The number of carbonyl (C=O) groups is 2. The number of fused-ring (bicyclic) bond motifs is 1. The SMILES string of the molecule is N#CCc1cccc2c1CC(n1ccnc1C(=O)O)C2=O. The molecule has 0 amide bonds. The molecule has 6 nitrogen and oxygen atoms in total. The molecule has 1 aliphatic rings. The maximum absolute atomic E-state index is 12.5. The van der Waals surface area contributed by atoms with Gasteiger partial charge < -0.3 is 9.67 Å². The van der Waals surface area contributed by atoms with E-state index in [0.717, 1.165) is 11.1 Å². The normalized spacial score (nSPS) is 16.5. The predicted molar refractivity (Wildman–Crippen MR) is 72.0 cm³/mol. The lowest BCUT2D eigenvalue weighted by Crippen LogP contribution is -2.20. The Morgan fingerprint density at radius 2 is 2.33 bits per heavy atom. The maximum Gasteiger partial charge on any atom is 0.372 e. The van der Waals surface area contributed by atoms with Crippen molar-refractivity contribution in [2.24, 2.45) is 0 Å². The molecule has 3 rings (SSSR count). The van der Waals surface area contributed by atoms with Crippen LogP contribution < -0.4 is 0 Å². The van der Waals surface area contributed by atoms with E-state index in [0.29, 0.717) is 12.0 Å². The molecule has 1 N–H and O–H groups in total. The van der Waals surface area contributed by atoms with E-state index in [2.05, 4.69) is 11.1 Å². The number of carboxylic acids is 1. The Labute approximate surface area is 120 Å². The van der Waals surface area contributed by atoms with E-state index in [9.17, 15) is 9.59 Å². The largest absolute Gasteiger partial charge is 0.475 e. The average molecular weight is 281 g/mol. The highest BCUT2D eigenvalue weighted by Gasteiger charge is 2.35. The van der Waals surface area contributed by atoms with Gasteiger partial charge >= 0.3 is 5.97 Å². The summed E-state index contributed by atoms with van der Waals surface area (Å²) in [5.41, 5.74) is 2.22. The van der Waals surface area contributed by atoms with E-state index in [-0.39, 0.29) is 18.0 Å². The van der Waals surface area contributed by atoms with E-state index >= 15 is 0 Å². The van der Waals surface area contributed by atoms with Crippen molar-refractivity contribution >= 4 is 11.8 Å². The standard InChI is InChI=1S/C15H11N3O3/c16-5-4-9-2-1-3-10-11(9)8-12(13(10)19)18-7-6-17-14(18)15(20)21/h1-3,6-7,12H,4,8H2,(H,20,21). The number of nitriles is 1. The van der Waals surface area contributed by atoms with Crippen molar-refractivity contribution in [3.8, 4) is 6.07 Å². The van der Waals surface area contributed by atoms with E-state index < -0.39 is 12.0 Å². The Morgan fingerprint density at radius 3 is 3.05 bits per heavy atom. The maximum atomic E-state index is 12.5. The number of carbonyl (C=O) groups excluding carboxylic acids is 1. The van der Waals surface area contributed by atoms with Crippen molar-refractivity contribution in [1.29, 1.82) is 5.26 Å². The quantitative estimate of drug-likeness (QED) is 0.922. The lowest BCUT2D eigenvalue weighted by molar-refractivity contribution is 0.0675. The van der Waals surface area contributed by atoms with Gasteiger partial charge in [-0.1, -0.05) is 18.2 Å². The first-order valence-electron chi connectivity index (χ1n) is 6.41. The summed E-state index contributed by atoms with van der Waals surface area (Å²) in [5.74, 6) is -1.45. The zero-order chi connectivity index (χ0) is 15.0. The van der Waals surface area contributed by atoms with E-state index in [1.54, 1.807) is 12.1 Å². The second kappa shape index (κ2) is 4.87. The van der Waals surface area contributed by atoms with Crippen LogP contribution in [0.4, 0.5) is 0 Å². The Morgan fingerprint density at radius 1 is 1.52 bits per heavy atom. The third-order valence-corrected chi connectivity index (χ3v) is 3.70. The molecule has 0 bridgehead atoms. The van der Waals surface area contributed by atoms with Crippen LogP contribution >= 0.6 is 0 Å². The van der Waals surface area contributed by atoms with Crippen LogP contribution in [0.1, 0.15) is 38.1 Å². The summed E-state index contributed by atoms with van der Waals surface area (Å²) in [6.45, 7) is 0. The van der Waals surface area contributed by atoms with Gasteiger partial charge in [-0.3, -0.25) is 4.79 Å².